The maximum atomic E-state index is 12.1. The van der Waals surface area contributed by atoms with Crippen LogP contribution < -0.4 is 5.32 Å². The van der Waals surface area contributed by atoms with Crippen molar-refractivity contribution in [1.29, 1.82) is 0 Å². The minimum Gasteiger partial charge on any atom is -0.357 e. The van der Waals surface area contributed by atoms with Crippen LogP contribution in [0.1, 0.15) is 50.9 Å². The predicted octanol–water partition coefficient (Wildman–Crippen LogP) is 4.36. The van der Waals surface area contributed by atoms with Crippen LogP contribution in [0.3, 0.4) is 0 Å². The van der Waals surface area contributed by atoms with E-state index < -0.39 is 0 Å². The van der Waals surface area contributed by atoms with Crippen LogP contribution in [-0.4, -0.2) is 10.9 Å². The summed E-state index contributed by atoms with van der Waals surface area (Å²) in [5.74, 6) is 0.154. The van der Waals surface area contributed by atoms with E-state index >= 15 is 0 Å². The van der Waals surface area contributed by atoms with Crippen molar-refractivity contribution >= 4 is 28.4 Å². The molecule has 1 saturated carbocycles. The van der Waals surface area contributed by atoms with Gasteiger partial charge in [-0.05, 0) is 49.9 Å². The summed E-state index contributed by atoms with van der Waals surface area (Å²) in [5, 5.41) is 4.99. The minimum absolute atomic E-state index is 0.0221. The second-order valence-electron chi connectivity index (χ2n) is 6.36. The fraction of sp³-hybridized carbons (Fsp3) is 0.471. The van der Waals surface area contributed by atoms with Crippen molar-refractivity contribution in [1.82, 2.24) is 10.3 Å². The van der Waals surface area contributed by atoms with Crippen LogP contribution in [-0.2, 0) is 11.2 Å². The van der Waals surface area contributed by atoms with Crippen LogP contribution in [0.2, 0.25) is 5.02 Å². The second kappa shape index (κ2) is 5.06. The van der Waals surface area contributed by atoms with E-state index in [0.29, 0.717) is 0 Å². The number of aromatic amines is 1. The van der Waals surface area contributed by atoms with E-state index in [4.69, 9.17) is 11.6 Å². The van der Waals surface area contributed by atoms with Gasteiger partial charge in [-0.1, -0.05) is 25.4 Å². The smallest absolute Gasteiger partial charge is 0.226 e. The monoisotopic (exact) mass is 304 g/mol. The summed E-state index contributed by atoms with van der Waals surface area (Å²) in [6.07, 6.45) is 2.90. The van der Waals surface area contributed by atoms with Crippen LogP contribution >= 0.6 is 11.6 Å². The number of halogens is 1. The quantitative estimate of drug-likeness (QED) is 0.866. The zero-order valence-corrected chi connectivity index (χ0v) is 13.5. The molecule has 1 aliphatic rings. The maximum Gasteiger partial charge on any atom is 0.226 e. The minimum atomic E-state index is -0.140. The zero-order valence-electron chi connectivity index (χ0n) is 12.7. The number of benzene rings is 1. The molecule has 1 heterocycles. The van der Waals surface area contributed by atoms with Gasteiger partial charge in [0.25, 0.3) is 0 Å². The summed E-state index contributed by atoms with van der Waals surface area (Å²) in [6.45, 7) is 6.13. The van der Waals surface area contributed by atoms with E-state index in [2.05, 4.69) is 29.4 Å². The number of carbonyl (C=O) groups excluding carboxylic acids is 1. The SMILES string of the molecule is CCc1cc2[nH]c(C(C)NC(=O)C3(C)CC3)cc2cc1Cl. The number of hydrogen-bond donors (Lipinski definition) is 2. The molecule has 1 aliphatic carbocycles. The number of amides is 1. The van der Waals surface area contributed by atoms with Crippen molar-refractivity contribution < 1.29 is 4.79 Å². The Morgan fingerprint density at radius 1 is 1.43 bits per heavy atom. The zero-order chi connectivity index (χ0) is 15.2. The molecule has 1 aromatic heterocycles. The lowest BCUT2D eigenvalue weighted by Gasteiger charge is -2.15. The molecule has 0 bridgehead atoms. The number of fused-ring (bicyclic) bond motifs is 1. The molecule has 4 heteroatoms. The molecule has 3 nitrogen and oxygen atoms in total. The largest absolute Gasteiger partial charge is 0.357 e. The second-order valence-corrected chi connectivity index (χ2v) is 6.77. The Balaban J connectivity index is 1.84. The molecule has 1 amide bonds. The molecular formula is C17H21ClN2O. The summed E-state index contributed by atoms with van der Waals surface area (Å²) in [7, 11) is 0. The van der Waals surface area contributed by atoms with E-state index in [1.807, 2.05) is 19.9 Å². The number of aromatic nitrogens is 1. The van der Waals surface area contributed by atoms with Gasteiger partial charge in [0.2, 0.25) is 5.91 Å². The highest BCUT2D eigenvalue weighted by Gasteiger charge is 2.45. The van der Waals surface area contributed by atoms with Crippen molar-refractivity contribution in [3.8, 4) is 0 Å². The number of hydrogen-bond acceptors (Lipinski definition) is 1. The summed E-state index contributed by atoms with van der Waals surface area (Å²) in [6, 6.07) is 6.14. The Morgan fingerprint density at radius 3 is 2.76 bits per heavy atom. The van der Waals surface area contributed by atoms with Crippen LogP contribution in [0, 0.1) is 5.41 Å². The first-order valence-electron chi connectivity index (χ1n) is 7.55. The van der Waals surface area contributed by atoms with Crippen LogP contribution in [0.5, 0.6) is 0 Å². The van der Waals surface area contributed by atoms with E-state index in [1.165, 1.54) is 0 Å². The summed E-state index contributed by atoms with van der Waals surface area (Å²) in [4.78, 5) is 15.5. The first-order chi connectivity index (χ1) is 9.93. The third-order valence-corrected chi connectivity index (χ3v) is 4.90. The van der Waals surface area contributed by atoms with Crippen LogP contribution in [0.25, 0.3) is 10.9 Å². The lowest BCUT2D eigenvalue weighted by Crippen LogP contribution is -2.32. The molecule has 21 heavy (non-hydrogen) atoms. The predicted molar refractivity (Wildman–Crippen MR) is 86.6 cm³/mol. The van der Waals surface area contributed by atoms with Crippen molar-refractivity contribution in [3.05, 3.63) is 34.5 Å². The standard InChI is InChI=1S/C17H21ClN2O/c1-4-11-8-15-12(7-13(11)18)9-14(20-15)10(2)19-16(21)17(3)5-6-17/h7-10,20H,4-6H2,1-3H3,(H,19,21). The highest BCUT2D eigenvalue weighted by molar-refractivity contribution is 6.32. The molecule has 2 N–H and O–H groups in total. The van der Waals surface area contributed by atoms with Crippen LogP contribution in [0.15, 0.2) is 18.2 Å². The average Bonchev–Trinajstić information content (AvgIpc) is 3.06. The summed E-state index contributed by atoms with van der Waals surface area (Å²) in [5.41, 5.74) is 3.09. The Labute approximate surface area is 130 Å². The van der Waals surface area contributed by atoms with Crippen molar-refractivity contribution in [2.45, 2.75) is 46.1 Å². The Bertz CT molecular complexity index is 700. The molecule has 0 saturated heterocycles. The van der Waals surface area contributed by atoms with Gasteiger partial charge in [0, 0.05) is 27.0 Å². The summed E-state index contributed by atoms with van der Waals surface area (Å²) >= 11 is 6.26. The number of carbonyl (C=O) groups is 1. The van der Waals surface area contributed by atoms with Gasteiger partial charge in [-0.3, -0.25) is 4.79 Å². The van der Waals surface area contributed by atoms with Gasteiger partial charge in [0.05, 0.1) is 6.04 Å². The molecule has 3 rings (SSSR count). The average molecular weight is 305 g/mol. The Kier molecular flexibility index (Phi) is 3.48. The highest BCUT2D eigenvalue weighted by Crippen LogP contribution is 2.45. The van der Waals surface area contributed by atoms with E-state index in [9.17, 15) is 4.79 Å². The van der Waals surface area contributed by atoms with Crippen LogP contribution in [0.4, 0.5) is 0 Å². The number of aryl methyl sites for hydroxylation is 1. The molecule has 0 spiro atoms. The van der Waals surface area contributed by atoms with E-state index in [1.54, 1.807) is 0 Å². The molecule has 112 valence electrons. The van der Waals surface area contributed by atoms with Crippen molar-refractivity contribution in [3.63, 3.8) is 0 Å². The Hall–Kier alpha value is -1.48. The van der Waals surface area contributed by atoms with Gasteiger partial charge < -0.3 is 10.3 Å². The first-order valence-corrected chi connectivity index (χ1v) is 7.93. The van der Waals surface area contributed by atoms with E-state index in [0.717, 1.165) is 46.4 Å². The molecule has 1 aromatic carbocycles. The molecule has 0 aliphatic heterocycles. The van der Waals surface area contributed by atoms with Gasteiger partial charge >= 0.3 is 0 Å². The molecular weight excluding hydrogens is 284 g/mol. The topological polar surface area (TPSA) is 44.9 Å². The fourth-order valence-corrected chi connectivity index (χ4v) is 2.89. The maximum absolute atomic E-state index is 12.1. The lowest BCUT2D eigenvalue weighted by atomic mass is 10.1. The lowest BCUT2D eigenvalue weighted by molar-refractivity contribution is -0.126. The van der Waals surface area contributed by atoms with Gasteiger partial charge in [-0.25, -0.2) is 0 Å². The number of H-pyrrole nitrogens is 1. The summed E-state index contributed by atoms with van der Waals surface area (Å²) < 4.78 is 0. The van der Waals surface area contributed by atoms with Gasteiger partial charge in [0.1, 0.15) is 0 Å². The van der Waals surface area contributed by atoms with Crippen molar-refractivity contribution in [2.24, 2.45) is 5.41 Å². The van der Waals surface area contributed by atoms with Gasteiger partial charge in [-0.2, -0.15) is 0 Å². The molecule has 1 fully saturated rings. The molecule has 2 aromatic rings. The van der Waals surface area contributed by atoms with Crippen molar-refractivity contribution in [2.75, 3.05) is 0 Å². The molecule has 1 unspecified atom stereocenters. The third-order valence-electron chi connectivity index (χ3n) is 4.55. The van der Waals surface area contributed by atoms with Gasteiger partial charge in [-0.15, -0.1) is 0 Å². The fourth-order valence-electron chi connectivity index (χ4n) is 2.59. The van der Waals surface area contributed by atoms with Gasteiger partial charge in [0.15, 0.2) is 0 Å². The number of nitrogens with one attached hydrogen (secondary N) is 2. The number of rotatable bonds is 4. The molecule has 1 atom stereocenters. The third kappa shape index (κ3) is 2.67. The molecule has 0 radical (unpaired) electrons. The Morgan fingerprint density at radius 2 is 2.14 bits per heavy atom. The highest BCUT2D eigenvalue weighted by atomic mass is 35.5. The van der Waals surface area contributed by atoms with E-state index in [-0.39, 0.29) is 17.4 Å². The first kappa shape index (κ1) is 14.5. The normalized spacial score (nSPS) is 17.7.